The summed E-state index contributed by atoms with van der Waals surface area (Å²) in [7, 11) is 0. The standard InChI is InChI=1S/C7H6FN3/c8-5-1-4(3-9)7(11)6(10)2-5/h1-2H,10-11H2. The lowest BCUT2D eigenvalue weighted by molar-refractivity contribution is 0.628. The number of anilines is 2. The topological polar surface area (TPSA) is 75.8 Å². The Hall–Kier alpha value is -1.76. The molecule has 0 saturated carbocycles. The van der Waals surface area contributed by atoms with Crippen LogP contribution in [0, 0.1) is 17.1 Å². The zero-order valence-electron chi connectivity index (χ0n) is 5.63. The summed E-state index contributed by atoms with van der Waals surface area (Å²) >= 11 is 0. The molecule has 0 saturated heterocycles. The van der Waals surface area contributed by atoms with Crippen molar-refractivity contribution in [2.75, 3.05) is 11.5 Å². The van der Waals surface area contributed by atoms with E-state index in [0.717, 1.165) is 12.1 Å². The van der Waals surface area contributed by atoms with Crippen molar-refractivity contribution in [1.29, 1.82) is 5.26 Å². The first-order valence-electron chi connectivity index (χ1n) is 2.89. The summed E-state index contributed by atoms with van der Waals surface area (Å²) in [4.78, 5) is 0. The van der Waals surface area contributed by atoms with Crippen molar-refractivity contribution in [2.24, 2.45) is 0 Å². The molecule has 4 N–H and O–H groups in total. The number of rotatable bonds is 0. The Morgan fingerprint density at radius 3 is 2.55 bits per heavy atom. The zero-order chi connectivity index (χ0) is 8.43. The van der Waals surface area contributed by atoms with Crippen molar-refractivity contribution in [3.8, 4) is 6.07 Å². The van der Waals surface area contributed by atoms with Crippen molar-refractivity contribution >= 4 is 11.4 Å². The molecule has 0 radical (unpaired) electrons. The van der Waals surface area contributed by atoms with Crippen LogP contribution in [0.3, 0.4) is 0 Å². The third kappa shape index (κ3) is 1.22. The summed E-state index contributed by atoms with van der Waals surface area (Å²) in [6, 6.07) is 3.86. The Labute approximate surface area is 63.0 Å². The van der Waals surface area contributed by atoms with Crippen LogP contribution in [-0.2, 0) is 0 Å². The van der Waals surface area contributed by atoms with E-state index in [1.165, 1.54) is 0 Å². The maximum absolute atomic E-state index is 12.5. The third-order valence-electron chi connectivity index (χ3n) is 1.30. The van der Waals surface area contributed by atoms with Crippen LogP contribution in [-0.4, -0.2) is 0 Å². The molecule has 0 aliphatic rings. The number of nitrogen functional groups attached to an aromatic ring is 2. The van der Waals surface area contributed by atoms with Crippen molar-refractivity contribution in [3.05, 3.63) is 23.5 Å². The molecule has 0 aliphatic heterocycles. The highest BCUT2D eigenvalue weighted by molar-refractivity contribution is 5.70. The van der Waals surface area contributed by atoms with E-state index < -0.39 is 5.82 Å². The molecule has 56 valence electrons. The van der Waals surface area contributed by atoms with Crippen LogP contribution < -0.4 is 11.5 Å². The number of nitrogens with zero attached hydrogens (tertiary/aromatic N) is 1. The van der Waals surface area contributed by atoms with Crippen molar-refractivity contribution in [2.45, 2.75) is 0 Å². The van der Waals surface area contributed by atoms with Gasteiger partial charge in [0.15, 0.2) is 0 Å². The quantitative estimate of drug-likeness (QED) is 0.540. The smallest absolute Gasteiger partial charge is 0.126 e. The van der Waals surface area contributed by atoms with Crippen LogP contribution in [0.2, 0.25) is 0 Å². The average Bonchev–Trinajstić information content (AvgIpc) is 1.96. The lowest BCUT2D eigenvalue weighted by Crippen LogP contribution is -1.98. The van der Waals surface area contributed by atoms with Crippen molar-refractivity contribution in [3.63, 3.8) is 0 Å². The molecule has 0 aliphatic carbocycles. The first kappa shape index (κ1) is 7.35. The first-order chi connectivity index (χ1) is 5.15. The van der Waals surface area contributed by atoms with Gasteiger partial charge in [-0.2, -0.15) is 5.26 Å². The number of benzene rings is 1. The van der Waals surface area contributed by atoms with Crippen molar-refractivity contribution in [1.82, 2.24) is 0 Å². The predicted octanol–water partition coefficient (Wildman–Crippen LogP) is 0.862. The van der Waals surface area contributed by atoms with E-state index in [1.54, 1.807) is 6.07 Å². The van der Waals surface area contributed by atoms with Gasteiger partial charge in [0.1, 0.15) is 11.9 Å². The molecule has 0 fully saturated rings. The Balaban J connectivity index is 3.39. The van der Waals surface area contributed by atoms with E-state index in [1.807, 2.05) is 0 Å². The van der Waals surface area contributed by atoms with E-state index in [2.05, 4.69) is 0 Å². The molecule has 0 amide bonds. The minimum absolute atomic E-state index is 0.0718. The highest BCUT2D eigenvalue weighted by Crippen LogP contribution is 2.20. The second-order valence-electron chi connectivity index (χ2n) is 2.07. The molecule has 0 bridgehead atoms. The molecule has 0 aromatic heterocycles. The minimum atomic E-state index is -0.548. The van der Waals surface area contributed by atoms with E-state index in [4.69, 9.17) is 16.7 Å². The van der Waals surface area contributed by atoms with Crippen LogP contribution in [0.15, 0.2) is 12.1 Å². The molecule has 0 unspecified atom stereocenters. The van der Waals surface area contributed by atoms with Gasteiger partial charge in [0.2, 0.25) is 0 Å². The van der Waals surface area contributed by atoms with E-state index >= 15 is 0 Å². The Kier molecular flexibility index (Phi) is 1.65. The Bertz CT molecular complexity index is 327. The zero-order valence-corrected chi connectivity index (χ0v) is 5.63. The maximum atomic E-state index is 12.5. The number of nitriles is 1. The highest BCUT2D eigenvalue weighted by Gasteiger charge is 2.03. The first-order valence-corrected chi connectivity index (χ1v) is 2.89. The van der Waals surface area contributed by atoms with Gasteiger partial charge in [0.25, 0.3) is 0 Å². The van der Waals surface area contributed by atoms with Gasteiger partial charge in [-0.1, -0.05) is 0 Å². The van der Waals surface area contributed by atoms with E-state index in [-0.39, 0.29) is 16.9 Å². The molecule has 3 nitrogen and oxygen atoms in total. The van der Waals surface area contributed by atoms with Crippen LogP contribution in [0.25, 0.3) is 0 Å². The maximum Gasteiger partial charge on any atom is 0.126 e. The summed E-state index contributed by atoms with van der Waals surface area (Å²) in [5, 5.41) is 8.42. The molecular weight excluding hydrogens is 145 g/mol. The van der Waals surface area contributed by atoms with E-state index in [9.17, 15) is 4.39 Å². The monoisotopic (exact) mass is 151 g/mol. The number of halogens is 1. The van der Waals surface area contributed by atoms with Gasteiger partial charge in [-0.3, -0.25) is 0 Å². The SMILES string of the molecule is N#Cc1cc(F)cc(N)c1N. The van der Waals surface area contributed by atoms with Gasteiger partial charge in [-0.25, -0.2) is 4.39 Å². The molecule has 1 rings (SSSR count). The van der Waals surface area contributed by atoms with Gasteiger partial charge < -0.3 is 11.5 Å². The minimum Gasteiger partial charge on any atom is -0.397 e. The lowest BCUT2D eigenvalue weighted by Gasteiger charge is -2.00. The molecule has 0 atom stereocenters. The fourth-order valence-corrected chi connectivity index (χ4v) is 0.732. The highest BCUT2D eigenvalue weighted by atomic mass is 19.1. The molecule has 4 heteroatoms. The summed E-state index contributed by atoms with van der Waals surface area (Å²) in [6.45, 7) is 0. The van der Waals surface area contributed by atoms with Gasteiger partial charge in [0.05, 0.1) is 16.9 Å². The van der Waals surface area contributed by atoms with Gasteiger partial charge in [0, 0.05) is 0 Å². The van der Waals surface area contributed by atoms with Crippen LogP contribution in [0.1, 0.15) is 5.56 Å². The van der Waals surface area contributed by atoms with Gasteiger partial charge in [-0.15, -0.1) is 0 Å². The molecule has 11 heavy (non-hydrogen) atoms. The van der Waals surface area contributed by atoms with Gasteiger partial charge in [-0.05, 0) is 12.1 Å². The van der Waals surface area contributed by atoms with Crippen molar-refractivity contribution < 1.29 is 4.39 Å². The lowest BCUT2D eigenvalue weighted by atomic mass is 10.1. The second kappa shape index (κ2) is 2.46. The third-order valence-corrected chi connectivity index (χ3v) is 1.30. The second-order valence-corrected chi connectivity index (χ2v) is 2.07. The summed E-state index contributed by atoms with van der Waals surface area (Å²) in [6.07, 6.45) is 0. The molecule has 1 aromatic rings. The molecule has 1 aromatic carbocycles. The Morgan fingerprint density at radius 1 is 1.36 bits per heavy atom. The number of nitrogens with two attached hydrogens (primary N) is 2. The van der Waals surface area contributed by atoms with E-state index in [0.29, 0.717) is 0 Å². The van der Waals surface area contributed by atoms with Crippen LogP contribution in [0.5, 0.6) is 0 Å². The van der Waals surface area contributed by atoms with Crippen LogP contribution >= 0.6 is 0 Å². The van der Waals surface area contributed by atoms with Crippen LogP contribution in [0.4, 0.5) is 15.8 Å². The molecular formula is C7H6FN3. The van der Waals surface area contributed by atoms with Gasteiger partial charge >= 0.3 is 0 Å². The number of hydrogen-bond acceptors (Lipinski definition) is 3. The summed E-state index contributed by atoms with van der Waals surface area (Å²) in [5.41, 5.74) is 10.9. The molecule has 0 spiro atoms. The average molecular weight is 151 g/mol. The largest absolute Gasteiger partial charge is 0.397 e. The number of hydrogen-bond donors (Lipinski definition) is 2. The predicted molar refractivity (Wildman–Crippen MR) is 39.9 cm³/mol. The summed E-state index contributed by atoms with van der Waals surface area (Å²) < 4.78 is 12.5. The fourth-order valence-electron chi connectivity index (χ4n) is 0.732. The summed E-state index contributed by atoms with van der Waals surface area (Å²) in [5.74, 6) is -0.548. The Morgan fingerprint density at radius 2 is 2.00 bits per heavy atom. The normalized spacial score (nSPS) is 9.09. The molecule has 0 heterocycles. The fraction of sp³-hybridized carbons (Fsp3) is 0.